The second-order valence-electron chi connectivity index (χ2n) is 3.51. The van der Waals surface area contributed by atoms with Gasteiger partial charge in [0.15, 0.2) is 11.6 Å². The molecule has 0 aliphatic carbocycles. The summed E-state index contributed by atoms with van der Waals surface area (Å²) in [6, 6.07) is 0. The number of nitrogens with one attached hydrogen (secondary N) is 1. The quantitative estimate of drug-likeness (QED) is 0.577. The van der Waals surface area contributed by atoms with Crippen LogP contribution in [0.4, 0.5) is 10.2 Å². The van der Waals surface area contributed by atoms with Crippen LogP contribution in [0.3, 0.4) is 0 Å². The van der Waals surface area contributed by atoms with Crippen molar-refractivity contribution in [3.8, 4) is 0 Å². The summed E-state index contributed by atoms with van der Waals surface area (Å²) in [6.45, 7) is 2.30. The highest BCUT2D eigenvalue weighted by Gasteiger charge is 2.13. The molecule has 0 bridgehead atoms. The van der Waals surface area contributed by atoms with E-state index in [1.54, 1.807) is 11.9 Å². The minimum Gasteiger partial charge on any atom is -0.388 e. The third-order valence-corrected chi connectivity index (χ3v) is 2.26. The molecule has 0 aliphatic rings. The smallest absolute Gasteiger partial charge is 0.187 e. The summed E-state index contributed by atoms with van der Waals surface area (Å²) >= 11 is 0. The summed E-state index contributed by atoms with van der Waals surface area (Å²) in [5.41, 5.74) is 5.65. The average Bonchev–Trinajstić information content (AvgIpc) is 2.26. The zero-order valence-corrected chi connectivity index (χ0v) is 9.50. The first-order valence-electron chi connectivity index (χ1n) is 5.09. The normalized spacial score (nSPS) is 10.2. The Bertz CT molecular complexity index is 379. The van der Waals surface area contributed by atoms with E-state index >= 15 is 0 Å². The van der Waals surface area contributed by atoms with Gasteiger partial charge in [0, 0.05) is 20.0 Å². The fourth-order valence-electron chi connectivity index (χ4n) is 1.30. The summed E-state index contributed by atoms with van der Waals surface area (Å²) < 4.78 is 13.8. The minimum atomic E-state index is -0.393. The van der Waals surface area contributed by atoms with Crippen molar-refractivity contribution in [2.24, 2.45) is 5.73 Å². The highest BCUT2D eigenvalue weighted by molar-refractivity contribution is 5.77. The largest absolute Gasteiger partial charge is 0.388 e. The Morgan fingerprint density at radius 3 is 2.81 bits per heavy atom. The first-order chi connectivity index (χ1) is 7.56. The lowest BCUT2D eigenvalue weighted by atomic mass is 10.3. The molecule has 0 unspecified atom stereocenters. The molecule has 5 nitrogen and oxygen atoms in total. The molecule has 0 aliphatic heterocycles. The fourth-order valence-corrected chi connectivity index (χ4v) is 1.30. The van der Waals surface area contributed by atoms with Crippen molar-refractivity contribution in [3.05, 3.63) is 17.8 Å². The van der Waals surface area contributed by atoms with Crippen molar-refractivity contribution in [1.29, 1.82) is 5.41 Å². The lowest BCUT2D eigenvalue weighted by Crippen LogP contribution is -2.25. The Kier molecular flexibility index (Phi) is 4.16. The molecule has 0 radical (unpaired) electrons. The molecule has 1 aromatic rings. The van der Waals surface area contributed by atoms with Gasteiger partial charge in [0.05, 0.1) is 11.5 Å². The maximum atomic E-state index is 13.8. The van der Waals surface area contributed by atoms with Crippen LogP contribution in [0, 0.1) is 11.2 Å². The fraction of sp³-hybridized carbons (Fsp3) is 0.500. The molecule has 0 aromatic carbocycles. The van der Waals surface area contributed by atoms with Gasteiger partial charge in [-0.2, -0.15) is 0 Å². The third kappa shape index (κ3) is 2.88. The third-order valence-electron chi connectivity index (χ3n) is 2.26. The first-order valence-corrected chi connectivity index (χ1v) is 5.09. The zero-order chi connectivity index (χ0) is 12.1. The van der Waals surface area contributed by atoms with E-state index in [0.29, 0.717) is 25.1 Å². The molecule has 1 heterocycles. The molecule has 1 aromatic heterocycles. The molecule has 0 saturated carbocycles. The molecule has 88 valence electrons. The van der Waals surface area contributed by atoms with E-state index in [4.69, 9.17) is 11.1 Å². The number of anilines is 1. The van der Waals surface area contributed by atoms with E-state index in [2.05, 4.69) is 9.97 Å². The predicted octanol–water partition coefficient (Wildman–Crippen LogP) is 0.940. The van der Waals surface area contributed by atoms with Crippen molar-refractivity contribution < 1.29 is 4.39 Å². The van der Waals surface area contributed by atoms with E-state index in [0.717, 1.165) is 0 Å². The maximum Gasteiger partial charge on any atom is 0.187 e. The van der Waals surface area contributed by atoms with Crippen LogP contribution >= 0.6 is 0 Å². The van der Waals surface area contributed by atoms with Gasteiger partial charge in [0.2, 0.25) is 0 Å². The number of hydrogen-bond acceptors (Lipinski definition) is 4. The summed E-state index contributed by atoms with van der Waals surface area (Å²) in [5, 5.41) is 7.11. The molecule has 0 spiro atoms. The van der Waals surface area contributed by atoms with Crippen molar-refractivity contribution in [2.45, 2.75) is 19.8 Å². The highest BCUT2D eigenvalue weighted by atomic mass is 19.1. The van der Waals surface area contributed by atoms with Crippen LogP contribution in [0.5, 0.6) is 0 Å². The molecular weight excluding hydrogens is 209 g/mol. The number of amidine groups is 1. The summed E-state index contributed by atoms with van der Waals surface area (Å²) in [7, 11) is 1.72. The second kappa shape index (κ2) is 5.39. The first kappa shape index (κ1) is 12.4. The molecule has 6 heteroatoms. The summed E-state index contributed by atoms with van der Waals surface area (Å²) in [5.74, 6) is -0.0545. The van der Waals surface area contributed by atoms with Crippen LogP contribution in [-0.4, -0.2) is 29.4 Å². The van der Waals surface area contributed by atoms with Gasteiger partial charge in [-0.3, -0.25) is 5.41 Å². The maximum absolute atomic E-state index is 13.8. The molecule has 0 fully saturated rings. The van der Waals surface area contributed by atoms with E-state index in [-0.39, 0.29) is 11.7 Å². The number of hydrogen-bond donors (Lipinski definition) is 2. The SMILES string of the molecule is CCc1ncnc(N(C)CCC(=N)N)c1F. The average molecular weight is 225 g/mol. The van der Waals surface area contributed by atoms with Crippen LogP contribution in [-0.2, 0) is 6.42 Å². The molecule has 0 amide bonds. The number of aromatic nitrogens is 2. The van der Waals surface area contributed by atoms with E-state index in [9.17, 15) is 4.39 Å². The molecule has 0 saturated heterocycles. The van der Waals surface area contributed by atoms with Crippen molar-refractivity contribution in [3.63, 3.8) is 0 Å². The van der Waals surface area contributed by atoms with Gasteiger partial charge in [-0.1, -0.05) is 6.92 Å². The topological polar surface area (TPSA) is 78.9 Å². The summed E-state index contributed by atoms with van der Waals surface area (Å²) in [4.78, 5) is 9.39. The Morgan fingerprint density at radius 2 is 2.25 bits per heavy atom. The van der Waals surface area contributed by atoms with Gasteiger partial charge in [0.1, 0.15) is 6.33 Å². The van der Waals surface area contributed by atoms with Gasteiger partial charge < -0.3 is 10.6 Å². The molecular formula is C10H16FN5. The van der Waals surface area contributed by atoms with Crippen LogP contribution in [0.25, 0.3) is 0 Å². The van der Waals surface area contributed by atoms with Crippen molar-refractivity contribution >= 4 is 11.7 Å². The van der Waals surface area contributed by atoms with E-state index in [1.807, 2.05) is 6.92 Å². The van der Waals surface area contributed by atoms with Crippen molar-refractivity contribution in [1.82, 2.24) is 9.97 Å². The molecule has 16 heavy (non-hydrogen) atoms. The Hall–Kier alpha value is -1.72. The number of nitrogens with two attached hydrogens (primary N) is 1. The van der Waals surface area contributed by atoms with Crippen molar-refractivity contribution in [2.75, 3.05) is 18.5 Å². The van der Waals surface area contributed by atoms with Crippen LogP contribution in [0.15, 0.2) is 6.33 Å². The van der Waals surface area contributed by atoms with E-state index in [1.165, 1.54) is 6.33 Å². The standard InChI is InChI=1S/C10H16FN5/c1-3-7-9(11)10(15-6-14-7)16(2)5-4-8(12)13/h6H,3-5H2,1-2H3,(H3,12,13). The van der Waals surface area contributed by atoms with E-state index < -0.39 is 5.82 Å². The number of halogens is 1. The lowest BCUT2D eigenvalue weighted by molar-refractivity contribution is 0.588. The van der Waals surface area contributed by atoms with Gasteiger partial charge >= 0.3 is 0 Å². The highest BCUT2D eigenvalue weighted by Crippen LogP contribution is 2.16. The Morgan fingerprint density at radius 1 is 1.56 bits per heavy atom. The second-order valence-corrected chi connectivity index (χ2v) is 3.51. The van der Waals surface area contributed by atoms with Crippen LogP contribution < -0.4 is 10.6 Å². The van der Waals surface area contributed by atoms with Gasteiger partial charge in [-0.25, -0.2) is 14.4 Å². The van der Waals surface area contributed by atoms with Gasteiger partial charge in [-0.05, 0) is 6.42 Å². The van der Waals surface area contributed by atoms with Gasteiger partial charge in [0.25, 0.3) is 0 Å². The van der Waals surface area contributed by atoms with Crippen LogP contribution in [0.2, 0.25) is 0 Å². The Balaban J connectivity index is 2.82. The molecule has 0 atom stereocenters. The Labute approximate surface area is 94.0 Å². The predicted molar refractivity (Wildman–Crippen MR) is 61.2 cm³/mol. The minimum absolute atomic E-state index is 0.0806. The van der Waals surface area contributed by atoms with Gasteiger partial charge in [-0.15, -0.1) is 0 Å². The van der Waals surface area contributed by atoms with Crippen LogP contribution in [0.1, 0.15) is 19.0 Å². The zero-order valence-electron chi connectivity index (χ0n) is 9.50. The molecule has 1 rings (SSSR count). The summed E-state index contributed by atoms with van der Waals surface area (Å²) in [6.07, 6.45) is 2.27. The lowest BCUT2D eigenvalue weighted by Gasteiger charge is -2.18. The number of rotatable bonds is 5. The monoisotopic (exact) mass is 225 g/mol. The number of nitrogens with zero attached hydrogens (tertiary/aromatic N) is 3. The molecule has 3 N–H and O–H groups in total. The number of aryl methyl sites for hydroxylation is 1.